The Bertz CT molecular complexity index is 977. The summed E-state index contributed by atoms with van der Waals surface area (Å²) >= 11 is 0. The number of hydrogen-bond acceptors (Lipinski definition) is 6. The van der Waals surface area contributed by atoms with Gasteiger partial charge in [-0.1, -0.05) is 6.07 Å². The van der Waals surface area contributed by atoms with Gasteiger partial charge in [-0.05, 0) is 52.9 Å². The molecule has 0 aliphatic rings. The first kappa shape index (κ1) is 14.7. The monoisotopic (exact) mass is 332 g/mol. The molecule has 0 saturated carbocycles. The number of carbonyl (C=O) groups excluding carboxylic acids is 1. The number of amides is 1. The maximum atomic E-state index is 12.4. The van der Waals surface area contributed by atoms with E-state index in [0.29, 0.717) is 16.9 Å². The Morgan fingerprint density at radius 3 is 2.56 bits per heavy atom. The van der Waals surface area contributed by atoms with E-state index in [9.17, 15) is 4.79 Å². The molecule has 0 bridgehead atoms. The first-order valence-corrected chi connectivity index (χ1v) is 7.39. The van der Waals surface area contributed by atoms with Crippen LogP contribution in [0.3, 0.4) is 0 Å². The molecule has 0 atom stereocenters. The molecule has 0 fully saturated rings. The summed E-state index contributed by atoms with van der Waals surface area (Å²) in [6.07, 6.45) is 4.55. The van der Waals surface area contributed by atoms with Crippen molar-refractivity contribution in [1.29, 1.82) is 0 Å². The highest BCUT2D eigenvalue weighted by Gasteiger charge is 2.08. The zero-order valence-corrected chi connectivity index (χ0v) is 12.9. The lowest BCUT2D eigenvalue weighted by atomic mass is 10.2. The van der Waals surface area contributed by atoms with Gasteiger partial charge in [-0.2, -0.15) is 5.10 Å². The number of rotatable bonds is 4. The summed E-state index contributed by atoms with van der Waals surface area (Å²) in [6, 6.07) is 14.4. The highest BCUT2D eigenvalue weighted by atomic mass is 16.1. The first-order chi connectivity index (χ1) is 12.3. The molecule has 0 aliphatic carbocycles. The van der Waals surface area contributed by atoms with Crippen LogP contribution in [0.15, 0.2) is 67.5 Å². The largest absolute Gasteiger partial charge is 0.322 e. The summed E-state index contributed by atoms with van der Waals surface area (Å²) in [5.41, 5.74) is 2.76. The third-order valence-corrected chi connectivity index (χ3v) is 3.53. The van der Waals surface area contributed by atoms with E-state index in [1.165, 1.54) is 17.3 Å². The molecule has 4 rings (SSSR count). The van der Waals surface area contributed by atoms with Crippen molar-refractivity contribution in [2.45, 2.75) is 0 Å². The second-order valence-electron chi connectivity index (χ2n) is 5.15. The molecule has 0 radical (unpaired) electrons. The van der Waals surface area contributed by atoms with E-state index < -0.39 is 0 Å². The summed E-state index contributed by atoms with van der Waals surface area (Å²) in [4.78, 5) is 16.4. The molecule has 9 nitrogen and oxygen atoms in total. The summed E-state index contributed by atoms with van der Waals surface area (Å²) in [6.45, 7) is 0. The number of tetrazole rings is 1. The topological polar surface area (TPSA) is 103 Å². The second kappa shape index (κ2) is 6.32. The number of benzene rings is 2. The number of nitrogens with one attached hydrogen (secondary N) is 1. The third-order valence-electron chi connectivity index (χ3n) is 3.53. The molecule has 0 spiro atoms. The van der Waals surface area contributed by atoms with Crippen molar-refractivity contribution < 1.29 is 4.79 Å². The van der Waals surface area contributed by atoms with Gasteiger partial charge in [0, 0.05) is 11.3 Å². The lowest BCUT2D eigenvalue weighted by molar-refractivity contribution is 0.102. The quantitative estimate of drug-likeness (QED) is 0.607. The summed E-state index contributed by atoms with van der Waals surface area (Å²) < 4.78 is 3.13. The Hall–Kier alpha value is -3.88. The predicted molar refractivity (Wildman–Crippen MR) is 88.5 cm³/mol. The Kier molecular flexibility index (Phi) is 3.71. The van der Waals surface area contributed by atoms with Gasteiger partial charge in [0.25, 0.3) is 5.91 Å². The van der Waals surface area contributed by atoms with Gasteiger partial charge >= 0.3 is 0 Å². The standard InChI is InChI=1S/C16H12N8O/c25-16(12-2-1-3-15(8-12)24-11-18-21-22-24)20-13-4-6-14(7-5-13)23-10-17-9-19-23/h1-11H,(H,20,25). The predicted octanol–water partition coefficient (Wildman–Crippen LogP) is 1.50. The van der Waals surface area contributed by atoms with Crippen molar-refractivity contribution in [3.63, 3.8) is 0 Å². The fourth-order valence-electron chi connectivity index (χ4n) is 2.31. The minimum Gasteiger partial charge on any atom is -0.322 e. The van der Waals surface area contributed by atoms with Crippen LogP contribution >= 0.6 is 0 Å². The lowest BCUT2D eigenvalue weighted by Crippen LogP contribution is -2.12. The molecule has 2 heterocycles. The SMILES string of the molecule is O=C(Nc1ccc(-n2cncn2)cc1)c1cccc(-n2cnnn2)c1. The molecule has 25 heavy (non-hydrogen) atoms. The van der Waals surface area contributed by atoms with Crippen molar-refractivity contribution in [3.8, 4) is 11.4 Å². The number of aromatic nitrogens is 7. The number of carbonyl (C=O) groups is 1. The van der Waals surface area contributed by atoms with Crippen molar-refractivity contribution in [3.05, 3.63) is 73.1 Å². The minimum atomic E-state index is -0.219. The van der Waals surface area contributed by atoms with E-state index in [-0.39, 0.29) is 5.91 Å². The first-order valence-electron chi connectivity index (χ1n) is 7.39. The van der Waals surface area contributed by atoms with Crippen molar-refractivity contribution in [2.24, 2.45) is 0 Å². The van der Waals surface area contributed by atoms with Crippen LogP contribution in [0.4, 0.5) is 5.69 Å². The van der Waals surface area contributed by atoms with Crippen LogP contribution in [-0.4, -0.2) is 40.9 Å². The van der Waals surface area contributed by atoms with Gasteiger partial charge in [-0.3, -0.25) is 4.79 Å². The van der Waals surface area contributed by atoms with Gasteiger partial charge in [0.05, 0.1) is 11.4 Å². The van der Waals surface area contributed by atoms with Crippen LogP contribution in [-0.2, 0) is 0 Å². The smallest absolute Gasteiger partial charge is 0.255 e. The average Bonchev–Trinajstić information content (AvgIpc) is 3.36. The maximum Gasteiger partial charge on any atom is 0.255 e. The van der Waals surface area contributed by atoms with Crippen LogP contribution in [0, 0.1) is 0 Å². The molecule has 2 aromatic carbocycles. The highest BCUT2D eigenvalue weighted by molar-refractivity contribution is 6.04. The average molecular weight is 332 g/mol. The molecule has 122 valence electrons. The van der Waals surface area contributed by atoms with Gasteiger partial charge in [0.2, 0.25) is 0 Å². The van der Waals surface area contributed by atoms with Crippen LogP contribution < -0.4 is 5.32 Å². The van der Waals surface area contributed by atoms with Crippen LogP contribution in [0.25, 0.3) is 11.4 Å². The summed E-state index contributed by atoms with van der Waals surface area (Å²) in [5, 5.41) is 17.9. The Morgan fingerprint density at radius 2 is 1.84 bits per heavy atom. The minimum absolute atomic E-state index is 0.219. The molecule has 0 aliphatic heterocycles. The molecule has 4 aromatic rings. The molecule has 1 N–H and O–H groups in total. The Balaban J connectivity index is 1.51. The molecular formula is C16H12N8O. The van der Waals surface area contributed by atoms with E-state index in [2.05, 4.69) is 30.9 Å². The van der Waals surface area contributed by atoms with Gasteiger partial charge in [-0.25, -0.2) is 14.3 Å². The van der Waals surface area contributed by atoms with Gasteiger partial charge in [0.15, 0.2) is 0 Å². The van der Waals surface area contributed by atoms with Crippen LogP contribution in [0.1, 0.15) is 10.4 Å². The number of hydrogen-bond donors (Lipinski definition) is 1. The third kappa shape index (κ3) is 3.11. The maximum absolute atomic E-state index is 12.4. The summed E-state index contributed by atoms with van der Waals surface area (Å²) in [5.74, 6) is -0.219. The normalized spacial score (nSPS) is 10.6. The molecule has 1 amide bonds. The van der Waals surface area contributed by atoms with E-state index in [0.717, 1.165) is 5.69 Å². The van der Waals surface area contributed by atoms with E-state index in [1.54, 1.807) is 41.3 Å². The summed E-state index contributed by atoms with van der Waals surface area (Å²) in [7, 11) is 0. The molecule has 9 heteroatoms. The number of anilines is 1. The van der Waals surface area contributed by atoms with Gasteiger partial charge in [-0.15, -0.1) is 5.10 Å². The van der Waals surface area contributed by atoms with Gasteiger partial charge in [0.1, 0.15) is 19.0 Å². The Labute approximate surface area is 141 Å². The molecular weight excluding hydrogens is 320 g/mol. The van der Waals surface area contributed by atoms with Crippen LogP contribution in [0.5, 0.6) is 0 Å². The fraction of sp³-hybridized carbons (Fsp3) is 0. The molecule has 2 aromatic heterocycles. The number of nitrogens with zero attached hydrogens (tertiary/aromatic N) is 7. The zero-order chi connectivity index (χ0) is 17.1. The lowest BCUT2D eigenvalue weighted by Gasteiger charge is -2.08. The molecule has 0 unspecified atom stereocenters. The van der Waals surface area contributed by atoms with E-state index in [4.69, 9.17) is 0 Å². The van der Waals surface area contributed by atoms with Crippen molar-refractivity contribution in [1.82, 2.24) is 35.0 Å². The van der Waals surface area contributed by atoms with Gasteiger partial charge < -0.3 is 5.32 Å². The Morgan fingerprint density at radius 1 is 0.960 bits per heavy atom. The second-order valence-corrected chi connectivity index (χ2v) is 5.15. The van der Waals surface area contributed by atoms with E-state index >= 15 is 0 Å². The van der Waals surface area contributed by atoms with Crippen molar-refractivity contribution in [2.75, 3.05) is 5.32 Å². The zero-order valence-electron chi connectivity index (χ0n) is 12.9. The van der Waals surface area contributed by atoms with Crippen molar-refractivity contribution >= 4 is 11.6 Å². The fourth-order valence-corrected chi connectivity index (χ4v) is 2.31. The molecule has 0 saturated heterocycles. The highest BCUT2D eigenvalue weighted by Crippen LogP contribution is 2.15. The van der Waals surface area contributed by atoms with Crippen LogP contribution in [0.2, 0.25) is 0 Å². The van der Waals surface area contributed by atoms with E-state index in [1.807, 2.05) is 18.2 Å².